The molecule has 1 aliphatic rings. The Kier molecular flexibility index (Phi) is 5.43. The minimum Gasteiger partial charge on any atom is -0.481 e. The van der Waals surface area contributed by atoms with Crippen molar-refractivity contribution in [2.75, 3.05) is 6.54 Å². The highest BCUT2D eigenvalue weighted by Crippen LogP contribution is 2.19. The Morgan fingerprint density at radius 1 is 1.55 bits per heavy atom. The van der Waals surface area contributed by atoms with Crippen LogP contribution < -0.4 is 15.4 Å². The molecule has 1 amide bonds. The fourth-order valence-corrected chi connectivity index (χ4v) is 2.72. The molecular weight excluding hydrogens is 320 g/mol. The Hall–Kier alpha value is -1.07. The van der Waals surface area contributed by atoms with Crippen molar-refractivity contribution in [3.63, 3.8) is 0 Å². The van der Waals surface area contributed by atoms with Crippen LogP contribution in [0.5, 0.6) is 5.75 Å². The van der Waals surface area contributed by atoms with E-state index in [4.69, 9.17) is 4.74 Å². The van der Waals surface area contributed by atoms with Crippen LogP contribution in [0.3, 0.4) is 0 Å². The molecular formula is C15H21BrN2O2. The molecule has 1 heterocycles. The van der Waals surface area contributed by atoms with E-state index in [0.29, 0.717) is 11.8 Å². The summed E-state index contributed by atoms with van der Waals surface area (Å²) in [4.78, 5) is 12.2. The number of ether oxygens (including phenoxy) is 1. The van der Waals surface area contributed by atoms with Crippen molar-refractivity contribution in [3.05, 3.63) is 28.7 Å². The summed E-state index contributed by atoms with van der Waals surface area (Å²) in [6, 6.07) is 8.01. The van der Waals surface area contributed by atoms with Crippen LogP contribution in [-0.4, -0.2) is 30.6 Å². The first-order valence-electron chi connectivity index (χ1n) is 7.02. The number of nitrogens with one attached hydrogen (secondary N) is 2. The fourth-order valence-electron chi connectivity index (χ4n) is 2.34. The standard InChI is InChI=1S/C15H21BrN2O2/c1-10-14(7-4-8-17-10)18-15(19)11(2)20-13-6-3-5-12(16)9-13/h3,5-6,9-11,14,17H,4,7-8H2,1-2H3,(H,18,19). The molecule has 1 aromatic carbocycles. The highest BCUT2D eigenvalue weighted by molar-refractivity contribution is 9.10. The monoisotopic (exact) mass is 340 g/mol. The van der Waals surface area contributed by atoms with Crippen LogP contribution in [0.1, 0.15) is 26.7 Å². The Balaban J connectivity index is 1.88. The van der Waals surface area contributed by atoms with Crippen LogP contribution in [0.15, 0.2) is 28.7 Å². The Morgan fingerprint density at radius 3 is 3.05 bits per heavy atom. The van der Waals surface area contributed by atoms with E-state index in [2.05, 4.69) is 33.5 Å². The van der Waals surface area contributed by atoms with Gasteiger partial charge in [0.25, 0.3) is 5.91 Å². The van der Waals surface area contributed by atoms with Crippen LogP contribution in [0.4, 0.5) is 0 Å². The van der Waals surface area contributed by atoms with Crippen LogP contribution in [0.25, 0.3) is 0 Å². The molecule has 110 valence electrons. The Morgan fingerprint density at radius 2 is 2.35 bits per heavy atom. The van der Waals surface area contributed by atoms with Gasteiger partial charge in [-0.2, -0.15) is 0 Å². The predicted octanol–water partition coefficient (Wildman–Crippen LogP) is 2.47. The van der Waals surface area contributed by atoms with Crippen LogP contribution in [-0.2, 0) is 4.79 Å². The maximum absolute atomic E-state index is 12.2. The molecule has 3 unspecified atom stereocenters. The molecule has 3 atom stereocenters. The molecule has 5 heteroatoms. The first-order chi connectivity index (χ1) is 9.56. The molecule has 1 aliphatic heterocycles. The lowest BCUT2D eigenvalue weighted by Gasteiger charge is -2.31. The Labute approximate surface area is 128 Å². The van der Waals surface area contributed by atoms with Gasteiger partial charge in [-0.05, 0) is 51.4 Å². The third kappa shape index (κ3) is 4.21. The van der Waals surface area contributed by atoms with Gasteiger partial charge in [0, 0.05) is 16.6 Å². The maximum Gasteiger partial charge on any atom is 0.261 e. The van der Waals surface area contributed by atoms with Crippen molar-refractivity contribution >= 4 is 21.8 Å². The molecule has 1 aromatic rings. The van der Waals surface area contributed by atoms with Gasteiger partial charge in [-0.3, -0.25) is 4.79 Å². The van der Waals surface area contributed by atoms with Crippen LogP contribution in [0, 0.1) is 0 Å². The highest BCUT2D eigenvalue weighted by atomic mass is 79.9. The number of piperidine rings is 1. The second-order valence-electron chi connectivity index (χ2n) is 5.22. The van der Waals surface area contributed by atoms with Crippen LogP contribution in [0.2, 0.25) is 0 Å². The largest absolute Gasteiger partial charge is 0.481 e. The van der Waals surface area contributed by atoms with Gasteiger partial charge in [0.05, 0.1) is 0 Å². The SMILES string of the molecule is CC(Oc1cccc(Br)c1)C(=O)NC1CCCNC1C. The van der Waals surface area contributed by atoms with Crippen molar-refractivity contribution in [2.24, 2.45) is 0 Å². The van der Waals surface area contributed by atoms with Crippen molar-refractivity contribution in [2.45, 2.75) is 44.9 Å². The number of benzene rings is 1. The molecule has 20 heavy (non-hydrogen) atoms. The summed E-state index contributed by atoms with van der Waals surface area (Å²) in [5.41, 5.74) is 0. The lowest BCUT2D eigenvalue weighted by Crippen LogP contribution is -2.54. The number of amides is 1. The summed E-state index contributed by atoms with van der Waals surface area (Å²) in [5, 5.41) is 6.44. The summed E-state index contributed by atoms with van der Waals surface area (Å²) in [6.07, 6.45) is 1.61. The van der Waals surface area contributed by atoms with Gasteiger partial charge in [0.1, 0.15) is 5.75 Å². The lowest BCUT2D eigenvalue weighted by molar-refractivity contribution is -0.128. The van der Waals surface area contributed by atoms with E-state index >= 15 is 0 Å². The zero-order valence-corrected chi connectivity index (χ0v) is 13.4. The van der Waals surface area contributed by atoms with Gasteiger partial charge in [-0.25, -0.2) is 0 Å². The first kappa shape index (κ1) is 15.3. The summed E-state index contributed by atoms with van der Waals surface area (Å²) < 4.78 is 6.61. The van der Waals surface area contributed by atoms with E-state index in [1.165, 1.54) is 0 Å². The normalized spacial score (nSPS) is 23.9. The summed E-state index contributed by atoms with van der Waals surface area (Å²) in [6.45, 7) is 4.90. The predicted molar refractivity (Wildman–Crippen MR) is 82.9 cm³/mol. The van der Waals surface area contributed by atoms with Gasteiger partial charge in [-0.1, -0.05) is 22.0 Å². The number of halogens is 1. The third-order valence-electron chi connectivity index (χ3n) is 3.57. The molecule has 0 aliphatic carbocycles. The smallest absolute Gasteiger partial charge is 0.261 e. The molecule has 4 nitrogen and oxygen atoms in total. The third-order valence-corrected chi connectivity index (χ3v) is 4.06. The summed E-state index contributed by atoms with van der Waals surface area (Å²) in [5.74, 6) is 0.627. The second-order valence-corrected chi connectivity index (χ2v) is 6.13. The fraction of sp³-hybridized carbons (Fsp3) is 0.533. The van der Waals surface area contributed by atoms with E-state index in [0.717, 1.165) is 23.9 Å². The van der Waals surface area contributed by atoms with E-state index < -0.39 is 6.10 Å². The van der Waals surface area contributed by atoms with Gasteiger partial charge in [0.2, 0.25) is 0 Å². The van der Waals surface area contributed by atoms with Crippen LogP contribution >= 0.6 is 15.9 Å². The number of hydrogen-bond acceptors (Lipinski definition) is 3. The average Bonchev–Trinajstić information content (AvgIpc) is 2.41. The van der Waals surface area contributed by atoms with E-state index in [1.807, 2.05) is 24.3 Å². The Bertz CT molecular complexity index is 467. The zero-order chi connectivity index (χ0) is 14.5. The lowest BCUT2D eigenvalue weighted by atomic mass is 10.00. The molecule has 2 rings (SSSR count). The minimum atomic E-state index is -0.501. The summed E-state index contributed by atoms with van der Waals surface area (Å²) >= 11 is 3.39. The molecule has 0 bridgehead atoms. The van der Waals surface area contributed by atoms with Crippen molar-refractivity contribution in [1.82, 2.24) is 10.6 Å². The molecule has 0 radical (unpaired) electrons. The first-order valence-corrected chi connectivity index (χ1v) is 7.81. The topological polar surface area (TPSA) is 50.4 Å². The van der Waals surface area contributed by atoms with Gasteiger partial charge in [0.15, 0.2) is 6.10 Å². The maximum atomic E-state index is 12.2. The van der Waals surface area contributed by atoms with Crippen molar-refractivity contribution in [1.29, 1.82) is 0 Å². The van der Waals surface area contributed by atoms with Crippen molar-refractivity contribution < 1.29 is 9.53 Å². The zero-order valence-electron chi connectivity index (χ0n) is 11.9. The number of hydrogen-bond donors (Lipinski definition) is 2. The van der Waals surface area contributed by atoms with E-state index in [-0.39, 0.29) is 11.9 Å². The second kappa shape index (κ2) is 7.09. The van der Waals surface area contributed by atoms with Gasteiger partial charge >= 0.3 is 0 Å². The number of carbonyl (C=O) groups is 1. The molecule has 1 saturated heterocycles. The summed E-state index contributed by atoms with van der Waals surface area (Å²) in [7, 11) is 0. The number of rotatable bonds is 4. The quantitative estimate of drug-likeness (QED) is 0.885. The van der Waals surface area contributed by atoms with Gasteiger partial charge in [-0.15, -0.1) is 0 Å². The van der Waals surface area contributed by atoms with Crippen molar-refractivity contribution in [3.8, 4) is 5.75 Å². The van der Waals surface area contributed by atoms with E-state index in [9.17, 15) is 4.79 Å². The molecule has 0 aromatic heterocycles. The molecule has 1 fully saturated rings. The number of carbonyl (C=O) groups excluding carboxylic acids is 1. The minimum absolute atomic E-state index is 0.0643. The van der Waals surface area contributed by atoms with E-state index in [1.54, 1.807) is 6.92 Å². The average molecular weight is 341 g/mol. The molecule has 0 saturated carbocycles. The molecule has 2 N–H and O–H groups in total. The van der Waals surface area contributed by atoms with Gasteiger partial charge < -0.3 is 15.4 Å². The highest BCUT2D eigenvalue weighted by Gasteiger charge is 2.25. The molecule has 0 spiro atoms.